The predicted molar refractivity (Wildman–Crippen MR) is 139 cm³/mol. The van der Waals surface area contributed by atoms with Gasteiger partial charge in [0.05, 0.1) is 0 Å². The first-order valence-electron chi connectivity index (χ1n) is 11.1. The van der Waals surface area contributed by atoms with E-state index in [1.807, 2.05) is 0 Å². The van der Waals surface area contributed by atoms with Crippen LogP contribution < -0.4 is 5.46 Å². The molecule has 0 N–H and O–H groups in total. The molecule has 154 valence electrons. The second-order valence-electron chi connectivity index (χ2n) is 11.4. The monoisotopic (exact) mass is 426 g/mol. The van der Waals surface area contributed by atoms with E-state index < -0.39 is 25.2 Å². The van der Waals surface area contributed by atoms with Crippen molar-refractivity contribution in [3.05, 3.63) is 30.3 Å². The molecule has 1 heterocycles. The summed E-state index contributed by atoms with van der Waals surface area (Å²) in [5.41, 5.74) is 4.51. The van der Waals surface area contributed by atoms with Crippen molar-refractivity contribution in [3.63, 3.8) is 0 Å². The van der Waals surface area contributed by atoms with E-state index in [4.69, 9.17) is 11.5 Å². The quantitative estimate of drug-likeness (QED) is 0.333. The molecule has 1 aromatic rings. The molecule has 0 nitrogen and oxygen atoms in total. The number of rotatable bonds is 5. The highest BCUT2D eigenvalue weighted by molar-refractivity contribution is 8.78. The van der Waals surface area contributed by atoms with Crippen LogP contribution in [0.15, 0.2) is 30.3 Å². The molecule has 0 radical (unpaired) electrons. The van der Waals surface area contributed by atoms with Crippen molar-refractivity contribution in [2.24, 2.45) is 0 Å². The lowest BCUT2D eigenvalue weighted by Crippen LogP contribution is -2.72. The van der Waals surface area contributed by atoms with Gasteiger partial charge in [0.15, 0.2) is 0 Å². The molecule has 27 heavy (non-hydrogen) atoms. The molecule has 1 aromatic carbocycles. The lowest BCUT2D eigenvalue weighted by Gasteiger charge is -2.84. The molecular weight excluding hydrogens is 383 g/mol. The predicted octanol–water partition coefficient (Wildman–Crippen LogP) is 7.77. The third-order valence-electron chi connectivity index (χ3n) is 8.47. The zero-order valence-corrected chi connectivity index (χ0v) is 22.3. The normalized spacial score (nSPS) is 27.5. The Morgan fingerprint density at radius 2 is 1.07 bits per heavy atom. The van der Waals surface area contributed by atoms with Crippen LogP contribution in [0.3, 0.4) is 0 Å². The van der Waals surface area contributed by atoms with Crippen molar-refractivity contribution in [2.45, 2.75) is 104 Å². The number of benzene rings is 1. The number of hydrogen-bond acceptors (Lipinski definition) is 0. The van der Waals surface area contributed by atoms with Gasteiger partial charge >= 0.3 is 5.00 Å². The summed E-state index contributed by atoms with van der Waals surface area (Å²) in [6.07, 6.45) is -0.435. The van der Waals surface area contributed by atoms with Crippen LogP contribution in [-0.4, -0.2) is 33.8 Å². The van der Waals surface area contributed by atoms with Crippen molar-refractivity contribution in [1.29, 1.82) is 0 Å². The SMILES string of the molecule is CC(C)[P+]1(C(C)C)[BH-](c2ccccc2)[P+](C(C)C)(C(C)C)[B-]1(Cl)C(C)(C)C. The van der Waals surface area contributed by atoms with Crippen LogP contribution in [0.2, 0.25) is 5.31 Å². The lowest BCUT2D eigenvalue weighted by atomic mass is 9.69. The maximum atomic E-state index is 8.24. The van der Waals surface area contributed by atoms with E-state index in [2.05, 4.69) is 106 Å². The minimum Gasteiger partial charge on any atom is -0.294 e. The Morgan fingerprint density at radius 3 is 1.33 bits per heavy atom. The molecule has 1 aliphatic heterocycles. The Labute approximate surface area is 176 Å². The van der Waals surface area contributed by atoms with Crippen LogP contribution in [0.5, 0.6) is 0 Å². The van der Waals surface area contributed by atoms with Crippen LogP contribution in [0.4, 0.5) is 0 Å². The minimum atomic E-state index is -1.36. The molecule has 1 aliphatic rings. The van der Waals surface area contributed by atoms with Gasteiger partial charge in [0.2, 0.25) is 0 Å². The van der Waals surface area contributed by atoms with Crippen molar-refractivity contribution < 1.29 is 0 Å². The zero-order valence-electron chi connectivity index (χ0n) is 19.8. The average Bonchev–Trinajstić information content (AvgIpc) is 2.50. The Hall–Kier alpha value is 0.500. The smallest absolute Gasteiger partial charge is 0.294 e. The second-order valence-corrected chi connectivity index (χ2v) is 24.4. The number of halogens is 1. The van der Waals surface area contributed by atoms with Crippen molar-refractivity contribution in [1.82, 2.24) is 0 Å². The van der Waals surface area contributed by atoms with Crippen LogP contribution in [-0.2, 0) is 0 Å². The molecule has 5 heteroatoms. The van der Waals surface area contributed by atoms with E-state index in [0.29, 0.717) is 22.6 Å². The van der Waals surface area contributed by atoms with Crippen molar-refractivity contribution in [3.8, 4) is 0 Å². The maximum absolute atomic E-state index is 8.24. The fourth-order valence-electron chi connectivity index (χ4n) is 8.11. The minimum absolute atomic E-state index is 0.185. The molecule has 1 saturated heterocycles. The van der Waals surface area contributed by atoms with Gasteiger partial charge in [-0.25, -0.2) is 14.0 Å². The second kappa shape index (κ2) is 7.64. The fraction of sp³-hybridized carbons (Fsp3) is 0.727. The standard InChI is InChI=1S/C22H43B2ClP2/c1-17(2)26(18(3)4)23(21-15-13-12-14-16-21)27(19(5)6,20(7)8)24(26,25)22(9,10)11/h12-20,23H,1-11H3. The molecule has 0 aliphatic carbocycles. The fourth-order valence-corrected chi connectivity index (χ4v) is 40.9. The van der Waals surface area contributed by atoms with Crippen LogP contribution in [0.25, 0.3) is 0 Å². The van der Waals surface area contributed by atoms with Gasteiger partial charge in [-0.1, -0.05) is 56.4 Å². The summed E-state index contributed by atoms with van der Waals surface area (Å²) in [4.78, 5) is 0. The highest BCUT2D eigenvalue weighted by Gasteiger charge is 2.85. The molecular formula is C22H43B2ClP2. The molecule has 0 spiro atoms. The van der Waals surface area contributed by atoms with Gasteiger partial charge in [-0.2, -0.15) is 0 Å². The van der Waals surface area contributed by atoms with E-state index in [-0.39, 0.29) is 5.31 Å². The van der Waals surface area contributed by atoms with Crippen molar-refractivity contribution >= 4 is 42.1 Å². The van der Waals surface area contributed by atoms with E-state index in [9.17, 15) is 0 Å². The molecule has 0 atom stereocenters. The van der Waals surface area contributed by atoms with Gasteiger partial charge in [0, 0.05) is 0 Å². The average molecular weight is 427 g/mol. The summed E-state index contributed by atoms with van der Waals surface area (Å²) in [5, 5.41) is -0.737. The van der Waals surface area contributed by atoms with Crippen LogP contribution in [0.1, 0.15) is 76.2 Å². The van der Waals surface area contributed by atoms with E-state index in [0.717, 1.165) is 0 Å². The van der Waals surface area contributed by atoms with E-state index in [1.165, 1.54) is 0 Å². The highest BCUT2D eigenvalue weighted by atomic mass is 35.5. The summed E-state index contributed by atoms with van der Waals surface area (Å²) in [7, 11) is -2.72. The summed E-state index contributed by atoms with van der Waals surface area (Å²) in [6, 6.07) is 11.6. The highest BCUT2D eigenvalue weighted by Crippen LogP contribution is 3.08. The summed E-state index contributed by atoms with van der Waals surface area (Å²) >= 11 is 8.24. The Kier molecular flexibility index (Phi) is 6.73. The number of hydrogen-bond donors (Lipinski definition) is 0. The molecule has 2 rings (SSSR count). The van der Waals surface area contributed by atoms with Gasteiger partial charge in [-0.05, 0) is 78.0 Å². The molecule has 0 amide bonds. The van der Waals surface area contributed by atoms with Crippen molar-refractivity contribution in [2.75, 3.05) is 0 Å². The van der Waals surface area contributed by atoms with Gasteiger partial charge in [-0.3, -0.25) is 11.5 Å². The summed E-state index contributed by atoms with van der Waals surface area (Å²) in [5.74, 6) is 0. The van der Waals surface area contributed by atoms with Gasteiger partial charge in [-0.15, -0.1) is 5.46 Å². The molecule has 0 aromatic heterocycles. The van der Waals surface area contributed by atoms with Crippen LogP contribution >= 0.6 is 25.5 Å². The first-order valence-corrected chi connectivity index (χ1v) is 15.9. The Morgan fingerprint density at radius 1 is 0.741 bits per heavy atom. The third-order valence-corrected chi connectivity index (χ3v) is 31.4. The lowest BCUT2D eigenvalue weighted by molar-refractivity contribution is 0.748. The molecule has 1 fully saturated rings. The Bertz CT molecular complexity index is 606. The molecule has 0 unspecified atom stereocenters. The zero-order chi connectivity index (χ0) is 21.0. The van der Waals surface area contributed by atoms with E-state index >= 15 is 0 Å². The Balaban J connectivity index is 3.00. The summed E-state index contributed by atoms with van der Waals surface area (Å²) < 4.78 is 0. The third kappa shape index (κ3) is 2.79. The topological polar surface area (TPSA) is 0 Å². The maximum Gasteiger partial charge on any atom is 0.328 e. The summed E-state index contributed by atoms with van der Waals surface area (Å²) in [6.45, 7) is 27.5. The van der Waals surface area contributed by atoms with Gasteiger partial charge in [0.25, 0.3) is 6.15 Å². The van der Waals surface area contributed by atoms with Gasteiger partial charge in [0.1, 0.15) is 0 Å². The van der Waals surface area contributed by atoms with E-state index in [1.54, 1.807) is 5.46 Å². The first-order chi connectivity index (χ1) is 12.3. The molecule has 0 bridgehead atoms. The largest absolute Gasteiger partial charge is 0.328 e. The molecule has 0 saturated carbocycles. The van der Waals surface area contributed by atoms with Gasteiger partial charge < -0.3 is 0 Å². The van der Waals surface area contributed by atoms with Crippen LogP contribution in [0, 0.1) is 0 Å². The first kappa shape index (κ1) is 23.8.